The Morgan fingerprint density at radius 2 is 1.52 bits per heavy atom. The zero-order valence-electron chi connectivity index (χ0n) is 12.1. The van der Waals surface area contributed by atoms with Crippen LogP contribution in [0.25, 0.3) is 33.1 Å². The summed E-state index contributed by atoms with van der Waals surface area (Å²) in [7, 11) is -1.82. The highest BCUT2D eigenvalue weighted by Gasteiger charge is 2.13. The van der Waals surface area contributed by atoms with Crippen molar-refractivity contribution in [1.82, 2.24) is 0 Å². The van der Waals surface area contributed by atoms with Crippen molar-refractivity contribution in [2.45, 2.75) is 0 Å². The van der Waals surface area contributed by atoms with Crippen molar-refractivity contribution < 1.29 is 19.1 Å². The van der Waals surface area contributed by atoms with E-state index in [4.69, 9.17) is 19.1 Å². The van der Waals surface area contributed by atoms with Crippen molar-refractivity contribution in [3.8, 4) is 16.9 Å². The highest BCUT2D eigenvalue weighted by Crippen LogP contribution is 2.36. The fourth-order valence-electron chi connectivity index (χ4n) is 2.85. The molecule has 0 spiro atoms. The highest BCUT2D eigenvalue weighted by atomic mass is 16.6. The van der Waals surface area contributed by atoms with E-state index in [1.165, 1.54) is 0 Å². The van der Waals surface area contributed by atoms with Gasteiger partial charge in [0.05, 0.1) is 0 Å². The molecule has 0 saturated carbocycles. The zero-order chi connectivity index (χ0) is 15.8. The summed E-state index contributed by atoms with van der Waals surface area (Å²) in [5, 5.41) is 19.8. The molecule has 2 N–H and O–H groups in total. The summed E-state index contributed by atoms with van der Waals surface area (Å²) in [5.41, 5.74) is 3.76. The first kappa shape index (κ1) is 13.9. The molecule has 0 aliphatic rings. The molecule has 0 fully saturated rings. The van der Waals surface area contributed by atoms with E-state index in [0.29, 0.717) is 5.75 Å². The molecule has 4 rings (SSSR count). The molecule has 1 aromatic heterocycles. The van der Waals surface area contributed by atoms with Gasteiger partial charge in [0.1, 0.15) is 16.9 Å². The Labute approximate surface area is 132 Å². The van der Waals surface area contributed by atoms with Gasteiger partial charge < -0.3 is 19.1 Å². The number of benzene rings is 3. The van der Waals surface area contributed by atoms with Crippen LogP contribution in [0.1, 0.15) is 0 Å². The van der Waals surface area contributed by atoms with Crippen molar-refractivity contribution in [2.24, 2.45) is 0 Å². The van der Waals surface area contributed by atoms with E-state index in [-0.39, 0.29) is 0 Å². The molecule has 4 aromatic rings. The van der Waals surface area contributed by atoms with E-state index < -0.39 is 7.32 Å². The maximum atomic E-state index is 8.85. The van der Waals surface area contributed by atoms with Crippen LogP contribution in [-0.4, -0.2) is 17.4 Å². The van der Waals surface area contributed by atoms with Gasteiger partial charge in [0.15, 0.2) is 0 Å². The van der Waals surface area contributed by atoms with Crippen molar-refractivity contribution in [1.29, 1.82) is 0 Å². The van der Waals surface area contributed by atoms with Crippen LogP contribution in [0.15, 0.2) is 71.1 Å². The molecule has 1 heterocycles. The fourth-order valence-corrected chi connectivity index (χ4v) is 2.85. The molecule has 112 valence electrons. The summed E-state index contributed by atoms with van der Waals surface area (Å²) >= 11 is 0. The van der Waals surface area contributed by atoms with Crippen LogP contribution < -0.4 is 4.65 Å². The second-order valence-electron chi connectivity index (χ2n) is 5.25. The average molecular weight is 304 g/mol. The van der Waals surface area contributed by atoms with Crippen LogP contribution >= 0.6 is 0 Å². The van der Waals surface area contributed by atoms with Crippen LogP contribution in [0.2, 0.25) is 0 Å². The third-order valence-corrected chi connectivity index (χ3v) is 3.81. The Morgan fingerprint density at radius 1 is 0.783 bits per heavy atom. The Bertz CT molecular complexity index is 973. The van der Waals surface area contributed by atoms with Crippen LogP contribution in [0, 0.1) is 0 Å². The minimum atomic E-state index is -1.82. The predicted molar refractivity (Wildman–Crippen MR) is 90.0 cm³/mol. The van der Waals surface area contributed by atoms with E-state index >= 15 is 0 Å². The molecule has 0 aliphatic carbocycles. The van der Waals surface area contributed by atoms with Gasteiger partial charge >= 0.3 is 7.32 Å². The third-order valence-electron chi connectivity index (χ3n) is 3.81. The van der Waals surface area contributed by atoms with Crippen molar-refractivity contribution >= 4 is 29.3 Å². The summed E-state index contributed by atoms with van der Waals surface area (Å²) in [6.07, 6.45) is 0. The quantitative estimate of drug-likeness (QED) is 0.568. The number of para-hydroxylation sites is 1. The van der Waals surface area contributed by atoms with Gasteiger partial charge in [-0.25, -0.2) is 0 Å². The second-order valence-corrected chi connectivity index (χ2v) is 5.25. The van der Waals surface area contributed by atoms with Crippen LogP contribution in [0.3, 0.4) is 0 Å². The average Bonchev–Trinajstić information content (AvgIpc) is 2.93. The summed E-state index contributed by atoms with van der Waals surface area (Å²) in [6.45, 7) is 0. The van der Waals surface area contributed by atoms with E-state index in [1.807, 2.05) is 54.6 Å². The Balaban J connectivity index is 1.88. The Kier molecular flexibility index (Phi) is 3.30. The lowest BCUT2D eigenvalue weighted by Crippen LogP contribution is -2.20. The van der Waals surface area contributed by atoms with Crippen LogP contribution in [-0.2, 0) is 0 Å². The smallest absolute Gasteiger partial charge is 0.512 e. The number of hydrogen-bond donors (Lipinski definition) is 2. The van der Waals surface area contributed by atoms with Crippen LogP contribution in [0.4, 0.5) is 0 Å². The van der Waals surface area contributed by atoms with E-state index in [9.17, 15) is 0 Å². The molecule has 0 aliphatic heterocycles. The number of furan rings is 1. The lowest BCUT2D eigenvalue weighted by Gasteiger charge is -2.07. The van der Waals surface area contributed by atoms with Gasteiger partial charge in [-0.2, -0.15) is 0 Å². The fraction of sp³-hybridized carbons (Fsp3) is 0. The monoisotopic (exact) mass is 304 g/mol. The molecular weight excluding hydrogens is 291 g/mol. The van der Waals surface area contributed by atoms with E-state index in [0.717, 1.165) is 33.1 Å². The van der Waals surface area contributed by atoms with Crippen molar-refractivity contribution in [3.63, 3.8) is 0 Å². The predicted octanol–water partition coefficient (Wildman–Crippen LogP) is 3.60. The standard InChI is InChI=1S/C18H13BO4/c20-19(21)23-13-10-8-12(9-11-13)14-5-3-7-17-18(14)15-4-1-2-6-16(15)22-17/h1-11,20-21H. The lowest BCUT2D eigenvalue weighted by molar-refractivity contribution is 0.288. The molecule has 5 heteroatoms. The summed E-state index contributed by atoms with van der Waals surface area (Å²) < 4.78 is 10.7. The van der Waals surface area contributed by atoms with E-state index in [1.54, 1.807) is 12.1 Å². The molecule has 0 bridgehead atoms. The van der Waals surface area contributed by atoms with Crippen molar-refractivity contribution in [2.75, 3.05) is 0 Å². The van der Waals surface area contributed by atoms with Gasteiger partial charge in [0, 0.05) is 10.8 Å². The first-order valence-electron chi connectivity index (χ1n) is 7.26. The van der Waals surface area contributed by atoms with Crippen LogP contribution in [0.5, 0.6) is 5.75 Å². The molecular formula is C18H13BO4. The molecule has 0 unspecified atom stereocenters. The molecule has 3 aromatic carbocycles. The molecule has 0 amide bonds. The zero-order valence-corrected chi connectivity index (χ0v) is 12.1. The Morgan fingerprint density at radius 3 is 2.30 bits per heavy atom. The number of hydrogen-bond acceptors (Lipinski definition) is 4. The van der Waals surface area contributed by atoms with Gasteiger partial charge in [0.25, 0.3) is 0 Å². The maximum Gasteiger partial charge on any atom is 0.707 e. The highest BCUT2D eigenvalue weighted by molar-refractivity contribution is 6.33. The number of rotatable bonds is 3. The van der Waals surface area contributed by atoms with Gasteiger partial charge in [0.2, 0.25) is 0 Å². The SMILES string of the molecule is OB(O)Oc1ccc(-c2cccc3oc4ccccc4c23)cc1. The first-order valence-corrected chi connectivity index (χ1v) is 7.26. The van der Waals surface area contributed by atoms with Gasteiger partial charge in [-0.15, -0.1) is 0 Å². The molecule has 23 heavy (non-hydrogen) atoms. The van der Waals surface area contributed by atoms with Gasteiger partial charge in [-0.05, 0) is 35.4 Å². The van der Waals surface area contributed by atoms with Gasteiger partial charge in [-0.3, -0.25) is 0 Å². The topological polar surface area (TPSA) is 62.8 Å². The number of fused-ring (bicyclic) bond motifs is 3. The normalized spacial score (nSPS) is 11.0. The minimum absolute atomic E-state index is 0.396. The lowest BCUT2D eigenvalue weighted by atomic mass is 9.99. The summed E-state index contributed by atoms with van der Waals surface area (Å²) in [5.74, 6) is 0.396. The molecule has 0 saturated heterocycles. The van der Waals surface area contributed by atoms with Crippen molar-refractivity contribution in [3.05, 3.63) is 66.7 Å². The van der Waals surface area contributed by atoms with E-state index in [2.05, 4.69) is 0 Å². The maximum absolute atomic E-state index is 8.85. The molecule has 4 nitrogen and oxygen atoms in total. The second kappa shape index (κ2) is 5.46. The largest absolute Gasteiger partial charge is 0.707 e. The summed E-state index contributed by atoms with van der Waals surface area (Å²) in [4.78, 5) is 0. The molecule has 0 atom stereocenters. The first-order chi connectivity index (χ1) is 11.2. The minimum Gasteiger partial charge on any atom is -0.512 e. The molecule has 0 radical (unpaired) electrons. The Hall–Kier alpha value is -2.76. The van der Waals surface area contributed by atoms with Gasteiger partial charge in [-0.1, -0.05) is 42.5 Å². The summed E-state index contributed by atoms with van der Waals surface area (Å²) in [6, 6.07) is 21.1. The third kappa shape index (κ3) is 2.46.